The summed E-state index contributed by atoms with van der Waals surface area (Å²) in [5.41, 5.74) is 3.44. The van der Waals surface area contributed by atoms with Crippen LogP contribution < -0.4 is 16.0 Å². The average molecular weight is 481 g/mol. The maximum absolute atomic E-state index is 12.6. The van der Waals surface area contributed by atoms with Crippen molar-refractivity contribution in [2.24, 2.45) is 5.92 Å². The fraction of sp³-hybridized carbons (Fsp3) is 0.259. The van der Waals surface area contributed by atoms with E-state index in [0.717, 1.165) is 42.9 Å². The second-order valence-electron chi connectivity index (χ2n) is 8.80. The van der Waals surface area contributed by atoms with Crippen LogP contribution in [0.3, 0.4) is 0 Å². The fourth-order valence-electron chi connectivity index (χ4n) is 4.17. The second-order valence-corrected chi connectivity index (χ2v) is 8.80. The topological polar surface area (TPSA) is 118 Å². The Morgan fingerprint density at radius 2 is 1.72 bits per heavy atom. The zero-order valence-electron chi connectivity index (χ0n) is 20.1. The summed E-state index contributed by atoms with van der Waals surface area (Å²) in [7, 11) is 0. The van der Waals surface area contributed by atoms with Gasteiger partial charge in [-0.05, 0) is 74.8 Å². The third-order valence-electron chi connectivity index (χ3n) is 6.00. The highest BCUT2D eigenvalue weighted by Crippen LogP contribution is 2.20. The molecule has 1 aliphatic heterocycles. The van der Waals surface area contributed by atoms with Crippen molar-refractivity contribution in [3.05, 3.63) is 84.1 Å². The molecule has 1 fully saturated rings. The molecule has 1 saturated heterocycles. The number of carbonyl (C=O) groups is 1. The first-order valence-electron chi connectivity index (χ1n) is 12.1. The Morgan fingerprint density at radius 1 is 0.944 bits per heavy atom. The van der Waals surface area contributed by atoms with E-state index in [1.165, 1.54) is 0 Å². The Balaban J connectivity index is 1.26. The fourth-order valence-corrected chi connectivity index (χ4v) is 4.17. The summed E-state index contributed by atoms with van der Waals surface area (Å²) in [6.07, 6.45) is 5.69. The molecule has 0 bridgehead atoms. The number of nitrogens with zero attached hydrogens (tertiary/aromatic N) is 5. The van der Waals surface area contributed by atoms with Crippen LogP contribution in [0.1, 0.15) is 29.9 Å². The highest BCUT2D eigenvalue weighted by Gasteiger charge is 2.20. The highest BCUT2D eigenvalue weighted by molar-refractivity contribution is 5.92. The lowest BCUT2D eigenvalue weighted by Crippen LogP contribution is -2.34. The Bertz CT molecular complexity index is 1350. The number of hydrogen-bond donors (Lipinski definition) is 3. The lowest BCUT2D eigenvalue weighted by molar-refractivity contribution is -0.120. The predicted molar refractivity (Wildman–Crippen MR) is 139 cm³/mol. The Hall–Kier alpha value is -4.24. The molecule has 9 nitrogen and oxygen atoms in total. The molecular weight excluding hydrogens is 452 g/mol. The van der Waals surface area contributed by atoms with Gasteiger partial charge in [0.1, 0.15) is 23.2 Å². The van der Waals surface area contributed by atoms with Crippen LogP contribution in [0, 0.1) is 12.8 Å². The van der Waals surface area contributed by atoms with Gasteiger partial charge in [-0.1, -0.05) is 18.2 Å². The molecule has 0 radical (unpaired) electrons. The molecule has 1 amide bonds. The molecule has 0 atom stereocenters. The smallest absolute Gasteiger partial charge is 0.227 e. The van der Waals surface area contributed by atoms with Crippen LogP contribution in [0.5, 0.6) is 0 Å². The minimum atomic E-state index is 0.0602. The molecule has 36 heavy (non-hydrogen) atoms. The van der Waals surface area contributed by atoms with Crippen molar-refractivity contribution in [2.45, 2.75) is 26.2 Å². The molecule has 1 aromatic carbocycles. The summed E-state index contributed by atoms with van der Waals surface area (Å²) in [4.78, 5) is 35.1. The molecule has 0 aliphatic carbocycles. The van der Waals surface area contributed by atoms with Gasteiger partial charge in [-0.3, -0.25) is 4.79 Å². The third-order valence-corrected chi connectivity index (χ3v) is 6.00. The van der Waals surface area contributed by atoms with Crippen molar-refractivity contribution in [3.8, 4) is 11.5 Å². The van der Waals surface area contributed by atoms with E-state index >= 15 is 0 Å². The quantitative estimate of drug-likeness (QED) is 0.364. The first kappa shape index (κ1) is 23.5. The van der Waals surface area contributed by atoms with Crippen LogP contribution in [0.25, 0.3) is 11.5 Å². The summed E-state index contributed by atoms with van der Waals surface area (Å²) in [6, 6.07) is 17.2. The summed E-state index contributed by atoms with van der Waals surface area (Å²) >= 11 is 0. The molecule has 0 unspecified atom stereocenters. The van der Waals surface area contributed by atoms with Crippen LogP contribution >= 0.6 is 0 Å². The van der Waals surface area contributed by atoms with Gasteiger partial charge >= 0.3 is 0 Å². The average Bonchev–Trinajstić information content (AvgIpc) is 2.90. The molecule has 3 aromatic heterocycles. The van der Waals surface area contributed by atoms with E-state index in [1.54, 1.807) is 24.5 Å². The van der Waals surface area contributed by atoms with E-state index in [-0.39, 0.29) is 11.8 Å². The number of hydrogen-bond acceptors (Lipinski definition) is 8. The largest absolute Gasteiger partial charge is 0.326 e. The highest BCUT2D eigenvalue weighted by atomic mass is 16.1. The zero-order chi connectivity index (χ0) is 24.7. The van der Waals surface area contributed by atoms with Gasteiger partial charge in [-0.2, -0.15) is 0 Å². The van der Waals surface area contributed by atoms with Crippen LogP contribution in [0.4, 0.5) is 17.3 Å². The first-order chi connectivity index (χ1) is 17.6. The second kappa shape index (κ2) is 11.0. The zero-order valence-corrected chi connectivity index (χ0v) is 20.1. The number of piperidine rings is 1. The Kier molecular flexibility index (Phi) is 7.18. The van der Waals surface area contributed by atoms with Crippen molar-refractivity contribution in [1.29, 1.82) is 0 Å². The van der Waals surface area contributed by atoms with Crippen molar-refractivity contribution in [1.82, 2.24) is 30.2 Å². The van der Waals surface area contributed by atoms with E-state index in [4.69, 9.17) is 0 Å². The molecule has 182 valence electrons. The van der Waals surface area contributed by atoms with E-state index < -0.39 is 0 Å². The number of amides is 1. The number of pyridine rings is 1. The van der Waals surface area contributed by atoms with Crippen molar-refractivity contribution >= 4 is 23.2 Å². The summed E-state index contributed by atoms with van der Waals surface area (Å²) in [5.74, 6) is 2.61. The van der Waals surface area contributed by atoms with Gasteiger partial charge in [0, 0.05) is 36.1 Å². The van der Waals surface area contributed by atoms with Crippen LogP contribution in [-0.4, -0.2) is 43.9 Å². The molecule has 0 spiro atoms. The van der Waals surface area contributed by atoms with E-state index in [1.807, 2.05) is 49.4 Å². The predicted octanol–water partition coefficient (Wildman–Crippen LogP) is 3.91. The number of aryl methyl sites for hydroxylation is 1. The maximum atomic E-state index is 12.6. The van der Waals surface area contributed by atoms with Gasteiger partial charge in [0.25, 0.3) is 0 Å². The van der Waals surface area contributed by atoms with E-state index in [0.29, 0.717) is 35.4 Å². The molecular formula is C27H28N8O. The summed E-state index contributed by atoms with van der Waals surface area (Å²) < 4.78 is 0. The number of benzene rings is 1. The molecule has 3 N–H and O–H groups in total. The summed E-state index contributed by atoms with van der Waals surface area (Å²) in [5, 5.41) is 9.59. The van der Waals surface area contributed by atoms with Gasteiger partial charge in [0.2, 0.25) is 5.91 Å². The number of nitrogens with one attached hydrogen (secondary N) is 3. The maximum Gasteiger partial charge on any atom is 0.227 e. The molecule has 9 heteroatoms. The first-order valence-corrected chi connectivity index (χ1v) is 12.1. The lowest BCUT2D eigenvalue weighted by atomic mass is 9.97. The minimum Gasteiger partial charge on any atom is -0.326 e. The Labute approximate surface area is 209 Å². The molecule has 4 aromatic rings. The molecule has 0 saturated carbocycles. The van der Waals surface area contributed by atoms with Gasteiger partial charge < -0.3 is 16.0 Å². The standard InChI is InChI=1S/C27H28N8O/c1-18-4-2-7-22(31-18)26-30-15-11-24(35-26)33-23-10-14-29-25(34-23)17-19-5-3-6-21(16-19)32-27(36)20-8-12-28-13-9-20/h2-7,10-11,14-16,20,28H,8-9,12-13,17H2,1H3,(H,32,36)(H,29,30,33,34,35). The molecule has 1 aliphatic rings. The lowest BCUT2D eigenvalue weighted by Gasteiger charge is -2.21. The third kappa shape index (κ3) is 6.05. The van der Waals surface area contributed by atoms with Gasteiger partial charge in [-0.25, -0.2) is 24.9 Å². The van der Waals surface area contributed by atoms with Gasteiger partial charge in [0.15, 0.2) is 5.82 Å². The van der Waals surface area contributed by atoms with Crippen LogP contribution in [0.15, 0.2) is 67.0 Å². The van der Waals surface area contributed by atoms with Crippen LogP contribution in [0.2, 0.25) is 0 Å². The van der Waals surface area contributed by atoms with Gasteiger partial charge in [0.05, 0.1) is 0 Å². The summed E-state index contributed by atoms with van der Waals surface area (Å²) in [6.45, 7) is 3.71. The van der Waals surface area contributed by atoms with Crippen molar-refractivity contribution in [2.75, 3.05) is 23.7 Å². The number of carbonyl (C=O) groups excluding carboxylic acids is 1. The number of anilines is 3. The molecule has 4 heterocycles. The van der Waals surface area contributed by atoms with Crippen LogP contribution in [-0.2, 0) is 11.2 Å². The Morgan fingerprint density at radius 3 is 2.56 bits per heavy atom. The minimum absolute atomic E-state index is 0.0602. The SMILES string of the molecule is Cc1cccc(-c2nccc(Nc3ccnc(Cc4cccc(NC(=O)C5CCNCC5)c4)n3)n2)n1. The van der Waals surface area contributed by atoms with Crippen molar-refractivity contribution < 1.29 is 4.79 Å². The number of rotatable bonds is 7. The molecule has 5 rings (SSSR count). The van der Waals surface area contributed by atoms with E-state index in [9.17, 15) is 4.79 Å². The normalized spacial score (nSPS) is 13.8. The van der Waals surface area contributed by atoms with Gasteiger partial charge in [-0.15, -0.1) is 0 Å². The van der Waals surface area contributed by atoms with E-state index in [2.05, 4.69) is 40.9 Å². The monoisotopic (exact) mass is 480 g/mol. The van der Waals surface area contributed by atoms with Crippen molar-refractivity contribution in [3.63, 3.8) is 0 Å². The number of aromatic nitrogens is 5.